The number of carbonyl (C=O) groups is 1. The molecule has 1 saturated heterocycles. The Hall–Kier alpha value is -3.42. The molecule has 3 heterocycles. The maximum atomic E-state index is 13.5. The first-order chi connectivity index (χ1) is 15.5. The van der Waals surface area contributed by atoms with Gasteiger partial charge in [0.1, 0.15) is 30.0 Å². The SMILES string of the molecule is COc1ccccc1C1(C(=O)N2CCN(c3cc(-n4cnc(C)c4C)ncn3)CC2)CC1. The molecule has 2 fully saturated rings. The molecule has 8 nitrogen and oxygen atoms in total. The zero-order chi connectivity index (χ0) is 22.3. The van der Waals surface area contributed by atoms with E-state index in [1.165, 1.54) is 0 Å². The number of hydrogen-bond acceptors (Lipinski definition) is 6. The number of carbonyl (C=O) groups excluding carboxylic acids is 1. The molecule has 0 N–H and O–H groups in total. The van der Waals surface area contributed by atoms with Gasteiger partial charge in [0.15, 0.2) is 0 Å². The summed E-state index contributed by atoms with van der Waals surface area (Å²) in [7, 11) is 1.67. The van der Waals surface area contributed by atoms with Crippen LogP contribution in [0.25, 0.3) is 5.82 Å². The van der Waals surface area contributed by atoms with Crippen LogP contribution >= 0.6 is 0 Å². The number of para-hydroxylation sites is 1. The van der Waals surface area contributed by atoms with Crippen molar-refractivity contribution in [2.45, 2.75) is 32.1 Å². The Morgan fingerprint density at radius 3 is 2.38 bits per heavy atom. The smallest absolute Gasteiger partial charge is 0.233 e. The Morgan fingerprint density at radius 2 is 1.72 bits per heavy atom. The van der Waals surface area contributed by atoms with Crippen LogP contribution in [0, 0.1) is 13.8 Å². The fourth-order valence-corrected chi connectivity index (χ4v) is 4.58. The number of ether oxygens (including phenoxy) is 1. The van der Waals surface area contributed by atoms with Gasteiger partial charge in [-0.05, 0) is 32.8 Å². The van der Waals surface area contributed by atoms with Crippen molar-refractivity contribution in [1.29, 1.82) is 0 Å². The zero-order valence-electron chi connectivity index (χ0n) is 18.8. The number of piperazine rings is 1. The molecule has 8 heteroatoms. The van der Waals surface area contributed by atoms with Crippen LogP contribution in [0.4, 0.5) is 5.82 Å². The Balaban J connectivity index is 1.29. The summed E-state index contributed by atoms with van der Waals surface area (Å²) in [6, 6.07) is 9.89. The maximum absolute atomic E-state index is 13.5. The minimum Gasteiger partial charge on any atom is -0.496 e. The van der Waals surface area contributed by atoms with Gasteiger partial charge in [-0.3, -0.25) is 9.36 Å². The van der Waals surface area contributed by atoms with E-state index < -0.39 is 5.41 Å². The van der Waals surface area contributed by atoms with Gasteiger partial charge in [0.2, 0.25) is 5.91 Å². The highest BCUT2D eigenvalue weighted by molar-refractivity contribution is 5.92. The molecular formula is C24H28N6O2. The number of rotatable bonds is 5. The fraction of sp³-hybridized carbons (Fsp3) is 0.417. The van der Waals surface area contributed by atoms with Crippen LogP contribution in [-0.4, -0.2) is 63.6 Å². The lowest BCUT2D eigenvalue weighted by Crippen LogP contribution is -2.51. The molecule has 1 aliphatic heterocycles. The van der Waals surface area contributed by atoms with E-state index in [9.17, 15) is 4.79 Å². The lowest BCUT2D eigenvalue weighted by Gasteiger charge is -2.37. The summed E-state index contributed by atoms with van der Waals surface area (Å²) in [5.74, 6) is 2.70. The Kier molecular flexibility index (Phi) is 5.07. The van der Waals surface area contributed by atoms with Gasteiger partial charge in [-0.1, -0.05) is 18.2 Å². The monoisotopic (exact) mass is 432 g/mol. The second-order valence-corrected chi connectivity index (χ2v) is 8.58. The van der Waals surface area contributed by atoms with Crippen molar-refractivity contribution < 1.29 is 9.53 Å². The predicted molar refractivity (Wildman–Crippen MR) is 121 cm³/mol. The van der Waals surface area contributed by atoms with E-state index >= 15 is 0 Å². The molecule has 1 aromatic carbocycles. The predicted octanol–water partition coefficient (Wildman–Crippen LogP) is 2.67. The summed E-state index contributed by atoms with van der Waals surface area (Å²) in [6.45, 7) is 6.86. The van der Waals surface area contributed by atoms with Crippen molar-refractivity contribution >= 4 is 11.7 Å². The summed E-state index contributed by atoms with van der Waals surface area (Å²) in [5.41, 5.74) is 2.65. The molecule has 1 aliphatic carbocycles. The number of nitrogens with zero attached hydrogens (tertiary/aromatic N) is 6. The third kappa shape index (κ3) is 3.39. The Morgan fingerprint density at radius 1 is 1.00 bits per heavy atom. The molecule has 2 aliphatic rings. The summed E-state index contributed by atoms with van der Waals surface area (Å²) in [6.07, 6.45) is 5.15. The van der Waals surface area contributed by atoms with Gasteiger partial charge in [0.25, 0.3) is 0 Å². The van der Waals surface area contributed by atoms with Crippen molar-refractivity contribution in [3.05, 3.63) is 59.9 Å². The number of aromatic nitrogens is 4. The molecule has 3 aromatic rings. The van der Waals surface area contributed by atoms with Gasteiger partial charge < -0.3 is 14.5 Å². The number of imidazole rings is 1. The number of aryl methyl sites for hydroxylation is 1. The zero-order valence-corrected chi connectivity index (χ0v) is 18.8. The highest BCUT2D eigenvalue weighted by Gasteiger charge is 2.54. The van der Waals surface area contributed by atoms with Crippen molar-refractivity contribution in [2.24, 2.45) is 0 Å². The summed E-state index contributed by atoms with van der Waals surface area (Å²) in [4.78, 5) is 31.0. The van der Waals surface area contributed by atoms with Crippen molar-refractivity contribution in [2.75, 3.05) is 38.2 Å². The first-order valence-electron chi connectivity index (χ1n) is 11.0. The fourth-order valence-electron chi connectivity index (χ4n) is 4.58. The quantitative estimate of drug-likeness (QED) is 0.617. The number of benzene rings is 1. The first-order valence-corrected chi connectivity index (χ1v) is 11.0. The third-order valence-corrected chi connectivity index (χ3v) is 6.81. The molecule has 32 heavy (non-hydrogen) atoms. The molecule has 0 bridgehead atoms. The van der Waals surface area contributed by atoms with Gasteiger partial charge in [-0.25, -0.2) is 15.0 Å². The van der Waals surface area contributed by atoms with Crippen LogP contribution in [0.3, 0.4) is 0 Å². The normalized spacial score (nSPS) is 17.3. The van der Waals surface area contributed by atoms with Gasteiger partial charge in [-0.15, -0.1) is 0 Å². The van der Waals surface area contributed by atoms with E-state index in [0.29, 0.717) is 13.1 Å². The van der Waals surface area contributed by atoms with E-state index in [1.54, 1.807) is 19.8 Å². The molecule has 0 atom stereocenters. The minimum atomic E-state index is -0.423. The summed E-state index contributed by atoms with van der Waals surface area (Å²) in [5, 5.41) is 0. The highest BCUT2D eigenvalue weighted by atomic mass is 16.5. The number of amides is 1. The second kappa shape index (κ2) is 7.93. The van der Waals surface area contributed by atoms with Gasteiger partial charge in [0.05, 0.1) is 18.2 Å². The summed E-state index contributed by atoms with van der Waals surface area (Å²) >= 11 is 0. The van der Waals surface area contributed by atoms with Gasteiger partial charge in [-0.2, -0.15) is 0 Å². The van der Waals surface area contributed by atoms with Crippen molar-refractivity contribution in [3.63, 3.8) is 0 Å². The molecule has 1 saturated carbocycles. The van der Waals surface area contributed by atoms with Crippen molar-refractivity contribution in [3.8, 4) is 11.6 Å². The topological polar surface area (TPSA) is 76.4 Å². The van der Waals surface area contributed by atoms with Crippen LogP contribution in [-0.2, 0) is 10.2 Å². The average molecular weight is 433 g/mol. The lowest BCUT2D eigenvalue weighted by molar-refractivity contribution is -0.134. The van der Waals surface area contributed by atoms with E-state index in [1.807, 2.05) is 53.6 Å². The average Bonchev–Trinajstić information content (AvgIpc) is 3.59. The molecule has 0 spiro atoms. The second-order valence-electron chi connectivity index (χ2n) is 8.58. The van der Waals surface area contributed by atoms with E-state index in [4.69, 9.17) is 4.74 Å². The molecule has 166 valence electrons. The first kappa shape index (κ1) is 20.5. The Bertz CT molecular complexity index is 1140. The van der Waals surface area contributed by atoms with Gasteiger partial charge in [0, 0.05) is 43.5 Å². The van der Waals surface area contributed by atoms with E-state index in [0.717, 1.165) is 60.3 Å². The molecule has 0 radical (unpaired) electrons. The molecule has 0 unspecified atom stereocenters. The van der Waals surface area contributed by atoms with E-state index in [-0.39, 0.29) is 5.91 Å². The van der Waals surface area contributed by atoms with Crippen LogP contribution in [0.15, 0.2) is 43.0 Å². The number of methoxy groups -OCH3 is 1. The Labute approximate surface area is 187 Å². The molecule has 2 aromatic heterocycles. The van der Waals surface area contributed by atoms with Crippen LogP contribution < -0.4 is 9.64 Å². The summed E-state index contributed by atoms with van der Waals surface area (Å²) < 4.78 is 7.52. The largest absolute Gasteiger partial charge is 0.496 e. The molecular weight excluding hydrogens is 404 g/mol. The van der Waals surface area contributed by atoms with Crippen LogP contribution in [0.2, 0.25) is 0 Å². The number of hydrogen-bond donors (Lipinski definition) is 0. The number of anilines is 1. The molecule has 1 amide bonds. The van der Waals surface area contributed by atoms with Crippen LogP contribution in [0.5, 0.6) is 5.75 Å². The van der Waals surface area contributed by atoms with Crippen LogP contribution in [0.1, 0.15) is 29.8 Å². The third-order valence-electron chi connectivity index (χ3n) is 6.81. The maximum Gasteiger partial charge on any atom is 0.233 e. The minimum absolute atomic E-state index is 0.217. The highest BCUT2D eigenvalue weighted by Crippen LogP contribution is 2.52. The van der Waals surface area contributed by atoms with Gasteiger partial charge >= 0.3 is 0 Å². The standard InChI is InChI=1S/C24H28N6O2/c1-17-18(2)30(16-27-17)22-14-21(25-15-26-22)28-10-12-29(13-11-28)23(31)24(8-9-24)19-6-4-5-7-20(19)32-3/h4-7,14-16H,8-13H2,1-3H3. The van der Waals surface area contributed by atoms with E-state index in [2.05, 4.69) is 19.9 Å². The lowest BCUT2D eigenvalue weighted by atomic mass is 9.93. The molecule has 5 rings (SSSR count). The van der Waals surface area contributed by atoms with Crippen molar-refractivity contribution in [1.82, 2.24) is 24.4 Å².